The molecule has 0 aliphatic heterocycles. The predicted octanol–water partition coefficient (Wildman–Crippen LogP) is 4.86. The Morgan fingerprint density at radius 2 is 1.00 bits per heavy atom. The van der Waals surface area contributed by atoms with Gasteiger partial charge in [0.15, 0.2) is 0 Å². The molecular weight excluding hydrogens is 337 g/mol. The first kappa shape index (κ1) is 13.5. The fraction of sp³-hybridized carbons (Fsp3) is 0. The zero-order chi connectivity index (χ0) is 11.6. The van der Waals surface area contributed by atoms with Crippen molar-refractivity contribution >= 4 is 19.1 Å². The predicted molar refractivity (Wildman–Crippen MR) is 64.7 cm³/mol. The molecule has 0 N–H and O–H groups in total. The average molecular weight is 348 g/mol. The normalized spacial score (nSPS) is 9.12. The van der Waals surface area contributed by atoms with Crippen LogP contribution in [0.4, 0.5) is 0 Å². The summed E-state index contributed by atoms with van der Waals surface area (Å²) < 4.78 is 5.58. The summed E-state index contributed by atoms with van der Waals surface area (Å²) in [5.41, 5.74) is 0. The molecule has 2 rings (SSSR count). The first-order chi connectivity index (χ1) is 7.86. The molecule has 88 valence electrons. The number of rotatable bonds is 2. The third kappa shape index (κ3) is 5.53. The maximum atomic E-state index is 5.58. The molecule has 0 bridgehead atoms. The van der Waals surface area contributed by atoms with Crippen LogP contribution in [0, 0.1) is 0 Å². The summed E-state index contributed by atoms with van der Waals surface area (Å²) in [5, 5.41) is 0. The van der Waals surface area contributed by atoms with Gasteiger partial charge in [-0.05, 0) is 24.3 Å². The van der Waals surface area contributed by atoms with E-state index in [0.717, 1.165) is 11.5 Å². The summed E-state index contributed by atoms with van der Waals surface area (Å²) in [5.74, 6) is 1.74. The van der Waals surface area contributed by atoms with Crippen molar-refractivity contribution in [3.63, 3.8) is 0 Å². The molecule has 1 nitrogen and oxygen atoms in total. The van der Waals surface area contributed by atoms with Gasteiger partial charge >= 0.3 is 35.0 Å². The van der Waals surface area contributed by atoms with Crippen LogP contribution in [-0.2, 0) is 15.9 Å². The Bertz CT molecular complexity index is 343. The monoisotopic (exact) mass is 346 g/mol. The molecule has 4 heteroatoms. The van der Waals surface area contributed by atoms with Gasteiger partial charge in [-0.1, -0.05) is 36.4 Å². The van der Waals surface area contributed by atoms with Crippen LogP contribution in [0.25, 0.3) is 0 Å². The smallest absolute Gasteiger partial charge is 0.127 e. The second-order valence-corrected chi connectivity index (χ2v) is 5.13. The van der Waals surface area contributed by atoms with Crippen molar-refractivity contribution in [3.8, 4) is 11.5 Å². The number of hydrogen-bond donors (Lipinski definition) is 0. The number of hydrogen-bond acceptors (Lipinski definition) is 1. The number of benzene rings is 2. The molecule has 2 aromatic rings. The van der Waals surface area contributed by atoms with Gasteiger partial charge in [0.1, 0.15) is 11.5 Å². The summed E-state index contributed by atoms with van der Waals surface area (Å²) in [4.78, 5) is 0. The molecule has 0 radical (unpaired) electrons. The maximum Gasteiger partial charge on any atom is 0.127 e. The Kier molecular flexibility index (Phi) is 7.29. The first-order valence-corrected chi connectivity index (χ1v) is 8.47. The minimum absolute atomic E-state index is 0.106. The Hall–Kier alpha value is -0.518. The van der Waals surface area contributed by atoms with Gasteiger partial charge in [-0.25, -0.2) is 0 Å². The third-order valence-electron chi connectivity index (χ3n) is 1.72. The van der Waals surface area contributed by atoms with Crippen molar-refractivity contribution in [2.24, 2.45) is 0 Å². The molecule has 0 spiro atoms. The van der Waals surface area contributed by atoms with Crippen LogP contribution in [0.15, 0.2) is 60.7 Å². The van der Waals surface area contributed by atoms with Gasteiger partial charge in [0.05, 0.1) is 0 Å². The standard InChI is InChI=1S/C12H10O.2ClH.Pd/c1-3-7-11(8-4-1)13-12-9-5-2-6-10-12;;;/h1-10H;2*1H;/q;;;+2/p-2. The molecule has 0 unspecified atom stereocenters. The van der Waals surface area contributed by atoms with Gasteiger partial charge in [0, 0.05) is 0 Å². The van der Waals surface area contributed by atoms with E-state index in [0.29, 0.717) is 0 Å². The Labute approximate surface area is 111 Å². The zero-order valence-corrected chi connectivity index (χ0v) is 11.3. The second kappa shape index (κ2) is 8.61. The van der Waals surface area contributed by atoms with E-state index in [1.807, 2.05) is 60.7 Å². The van der Waals surface area contributed by atoms with E-state index < -0.39 is 0 Å². The van der Waals surface area contributed by atoms with Gasteiger partial charge in [0.2, 0.25) is 0 Å². The van der Waals surface area contributed by atoms with Crippen molar-refractivity contribution in [1.82, 2.24) is 0 Å². The molecule has 0 atom stereocenters. The van der Waals surface area contributed by atoms with Crippen molar-refractivity contribution in [1.29, 1.82) is 0 Å². The van der Waals surface area contributed by atoms with Crippen molar-refractivity contribution in [2.75, 3.05) is 0 Å². The molecule has 0 aromatic heterocycles. The summed E-state index contributed by atoms with van der Waals surface area (Å²) in [6.45, 7) is 0. The molecule has 0 amide bonds. The van der Waals surface area contributed by atoms with E-state index in [9.17, 15) is 0 Å². The number of halogens is 2. The minimum Gasteiger partial charge on any atom is -0.457 e. The first-order valence-electron chi connectivity index (χ1n) is 4.47. The van der Waals surface area contributed by atoms with Crippen LogP contribution >= 0.6 is 19.1 Å². The van der Waals surface area contributed by atoms with E-state index in [1.165, 1.54) is 0 Å². The zero-order valence-electron chi connectivity index (χ0n) is 8.25. The van der Waals surface area contributed by atoms with E-state index in [4.69, 9.17) is 23.8 Å². The molecule has 0 fully saturated rings. The molecule has 2 aromatic carbocycles. The van der Waals surface area contributed by atoms with Crippen molar-refractivity contribution in [2.45, 2.75) is 0 Å². The number of para-hydroxylation sites is 2. The molecule has 0 saturated heterocycles. The van der Waals surface area contributed by atoms with E-state index in [1.54, 1.807) is 0 Å². The third-order valence-corrected chi connectivity index (χ3v) is 1.72. The summed E-state index contributed by atoms with van der Waals surface area (Å²) in [7, 11) is 9.63. The van der Waals surface area contributed by atoms with E-state index in [-0.39, 0.29) is 15.9 Å². The van der Waals surface area contributed by atoms with Gasteiger partial charge in [-0.3, -0.25) is 0 Å². The van der Waals surface area contributed by atoms with Crippen LogP contribution in [-0.4, -0.2) is 0 Å². The molecule has 0 saturated carbocycles. The molecular formula is C12H10Cl2OPd. The average Bonchev–Trinajstić information content (AvgIpc) is 2.33. The SMILES string of the molecule is [Cl][Pd][Cl].c1ccc(Oc2ccccc2)cc1. The maximum absolute atomic E-state index is 5.58. The van der Waals surface area contributed by atoms with Gasteiger partial charge in [0.25, 0.3) is 0 Å². The Balaban J connectivity index is 0.000000386. The largest absolute Gasteiger partial charge is 0.457 e. The van der Waals surface area contributed by atoms with E-state index >= 15 is 0 Å². The minimum atomic E-state index is -0.106. The van der Waals surface area contributed by atoms with Crippen LogP contribution in [0.2, 0.25) is 0 Å². The second-order valence-electron chi connectivity index (χ2n) is 2.77. The molecule has 0 aliphatic carbocycles. The number of ether oxygens (including phenoxy) is 1. The fourth-order valence-corrected chi connectivity index (χ4v) is 1.11. The van der Waals surface area contributed by atoms with Crippen LogP contribution in [0.5, 0.6) is 11.5 Å². The van der Waals surface area contributed by atoms with Gasteiger partial charge < -0.3 is 4.74 Å². The van der Waals surface area contributed by atoms with Crippen molar-refractivity contribution in [3.05, 3.63) is 60.7 Å². The van der Waals surface area contributed by atoms with Crippen LogP contribution < -0.4 is 4.74 Å². The topological polar surface area (TPSA) is 9.23 Å². The summed E-state index contributed by atoms with van der Waals surface area (Å²) in [6, 6.07) is 19.5. The van der Waals surface area contributed by atoms with E-state index in [2.05, 4.69) is 0 Å². The fourth-order valence-electron chi connectivity index (χ4n) is 1.11. The van der Waals surface area contributed by atoms with Crippen LogP contribution in [0.1, 0.15) is 0 Å². The van der Waals surface area contributed by atoms with Crippen LogP contribution in [0.3, 0.4) is 0 Å². The quantitative estimate of drug-likeness (QED) is 0.705. The van der Waals surface area contributed by atoms with Gasteiger partial charge in [-0.15, -0.1) is 0 Å². The molecule has 0 heterocycles. The van der Waals surface area contributed by atoms with Gasteiger partial charge in [-0.2, -0.15) is 0 Å². The molecule has 0 aliphatic rings. The summed E-state index contributed by atoms with van der Waals surface area (Å²) >= 11 is -0.106. The Morgan fingerprint density at radius 1 is 0.688 bits per heavy atom. The summed E-state index contributed by atoms with van der Waals surface area (Å²) in [6.07, 6.45) is 0. The molecule has 16 heavy (non-hydrogen) atoms. The Morgan fingerprint density at radius 3 is 1.31 bits per heavy atom. The van der Waals surface area contributed by atoms with Crippen molar-refractivity contribution < 1.29 is 20.7 Å².